The lowest BCUT2D eigenvalue weighted by atomic mass is 10.1. The Labute approximate surface area is 79.7 Å². The second-order valence-electron chi connectivity index (χ2n) is 3.01. The number of methoxy groups -OCH3 is 1. The topological polar surface area (TPSA) is 71.7 Å². The van der Waals surface area contributed by atoms with Crippen molar-refractivity contribution in [3.8, 4) is 0 Å². The van der Waals surface area contributed by atoms with Crippen LogP contribution in [-0.4, -0.2) is 30.8 Å². The molecular formula is C9H19N3O. The summed E-state index contributed by atoms with van der Waals surface area (Å²) in [5.74, 6) is 0. The molecule has 0 aromatic rings. The molecule has 0 atom stereocenters. The van der Waals surface area contributed by atoms with Gasteiger partial charge in [-0.2, -0.15) is 4.79 Å². The van der Waals surface area contributed by atoms with Crippen LogP contribution in [0, 0.1) is 0 Å². The van der Waals surface area contributed by atoms with Gasteiger partial charge in [-0.05, 0) is 12.8 Å². The third kappa shape index (κ3) is 7.65. The predicted molar refractivity (Wildman–Crippen MR) is 52.6 cm³/mol. The normalized spacial score (nSPS) is 9.69. The third-order valence-electron chi connectivity index (χ3n) is 1.89. The average Bonchev–Trinajstić information content (AvgIpc) is 2.16. The van der Waals surface area contributed by atoms with E-state index in [0.717, 1.165) is 38.0 Å². The van der Waals surface area contributed by atoms with Gasteiger partial charge in [0.25, 0.3) is 5.71 Å². The van der Waals surface area contributed by atoms with E-state index in [0.29, 0.717) is 13.0 Å². The van der Waals surface area contributed by atoms with E-state index < -0.39 is 0 Å². The summed E-state index contributed by atoms with van der Waals surface area (Å²) in [7, 11) is 1.70. The predicted octanol–water partition coefficient (Wildman–Crippen LogP) is 1.21. The van der Waals surface area contributed by atoms with Gasteiger partial charge in [0.1, 0.15) is 0 Å². The van der Waals surface area contributed by atoms with Crippen LogP contribution in [0.2, 0.25) is 0 Å². The van der Waals surface area contributed by atoms with Gasteiger partial charge in [-0.3, -0.25) is 0 Å². The molecule has 13 heavy (non-hydrogen) atoms. The summed E-state index contributed by atoms with van der Waals surface area (Å²) in [4.78, 5) is 3.20. The molecule has 2 N–H and O–H groups in total. The van der Waals surface area contributed by atoms with Gasteiger partial charge in [0.05, 0.1) is 6.42 Å². The summed E-state index contributed by atoms with van der Waals surface area (Å²) >= 11 is 0. The maximum absolute atomic E-state index is 8.57. The Balaban J connectivity index is 3.34. The molecule has 0 spiro atoms. The molecule has 0 saturated carbocycles. The van der Waals surface area contributed by atoms with Gasteiger partial charge in [-0.25, -0.2) is 0 Å². The van der Waals surface area contributed by atoms with E-state index in [1.807, 2.05) is 0 Å². The standard InChI is InChI=1S/C9H19N3O/c1-13-8-4-2-3-5-9(12-11)6-7-10/h2-8,10H2,1H3. The molecule has 0 aromatic carbocycles. The minimum atomic E-state index is 0.553. The zero-order chi connectivity index (χ0) is 9.94. The number of hydrogen-bond donors (Lipinski definition) is 1. The zero-order valence-electron chi connectivity index (χ0n) is 8.33. The van der Waals surface area contributed by atoms with Crippen LogP contribution < -0.4 is 5.73 Å². The molecule has 0 radical (unpaired) electrons. The summed E-state index contributed by atoms with van der Waals surface area (Å²) in [5, 5.41) is 0. The smallest absolute Gasteiger partial charge is 0.270 e. The highest BCUT2D eigenvalue weighted by atomic mass is 16.5. The number of rotatable bonds is 8. The molecule has 0 aliphatic heterocycles. The van der Waals surface area contributed by atoms with Crippen LogP contribution in [0.4, 0.5) is 0 Å². The Hall–Kier alpha value is -0.700. The number of unbranched alkanes of at least 4 members (excludes halogenated alkanes) is 2. The fourth-order valence-corrected chi connectivity index (χ4v) is 1.14. The Bertz CT molecular complexity index is 164. The third-order valence-corrected chi connectivity index (χ3v) is 1.89. The zero-order valence-corrected chi connectivity index (χ0v) is 8.33. The lowest BCUT2D eigenvalue weighted by molar-refractivity contribution is -0.0114. The highest BCUT2D eigenvalue weighted by molar-refractivity contribution is 5.79. The SMILES string of the molecule is COCCCCCC(CCN)=[N+]=[N-]. The molecule has 0 bridgehead atoms. The second-order valence-corrected chi connectivity index (χ2v) is 3.01. The van der Waals surface area contributed by atoms with E-state index in [2.05, 4.69) is 4.79 Å². The molecule has 0 rings (SSSR count). The van der Waals surface area contributed by atoms with Crippen LogP contribution in [0.15, 0.2) is 0 Å². The van der Waals surface area contributed by atoms with Gasteiger partial charge >= 0.3 is 0 Å². The lowest BCUT2D eigenvalue weighted by Gasteiger charge is -1.97. The highest BCUT2D eigenvalue weighted by Gasteiger charge is 2.05. The molecule has 0 heterocycles. The monoisotopic (exact) mass is 185 g/mol. The quantitative estimate of drug-likeness (QED) is 0.267. The minimum absolute atomic E-state index is 0.553. The van der Waals surface area contributed by atoms with Crippen LogP contribution in [0.5, 0.6) is 0 Å². The van der Waals surface area contributed by atoms with Crippen LogP contribution in [0.1, 0.15) is 32.1 Å². The second kappa shape index (κ2) is 9.39. The molecule has 0 fully saturated rings. The maximum Gasteiger partial charge on any atom is 0.270 e. The Morgan fingerprint density at radius 2 is 2.08 bits per heavy atom. The molecular weight excluding hydrogens is 166 g/mol. The van der Waals surface area contributed by atoms with Crippen molar-refractivity contribution in [1.82, 2.24) is 0 Å². The summed E-state index contributed by atoms with van der Waals surface area (Å²) in [6, 6.07) is 0. The molecule has 4 heteroatoms. The van der Waals surface area contributed by atoms with Gasteiger partial charge in [0.15, 0.2) is 0 Å². The van der Waals surface area contributed by atoms with Crippen molar-refractivity contribution in [3.05, 3.63) is 5.53 Å². The van der Waals surface area contributed by atoms with Gasteiger partial charge in [0.2, 0.25) is 0 Å². The molecule has 0 unspecified atom stereocenters. The summed E-state index contributed by atoms with van der Waals surface area (Å²) in [6.07, 6.45) is 4.76. The van der Waals surface area contributed by atoms with Crippen molar-refractivity contribution in [2.45, 2.75) is 32.1 Å². The van der Waals surface area contributed by atoms with E-state index in [1.165, 1.54) is 0 Å². The maximum atomic E-state index is 8.57. The van der Waals surface area contributed by atoms with Gasteiger partial charge in [-0.15, -0.1) is 0 Å². The molecule has 0 saturated heterocycles. The molecule has 0 aliphatic rings. The fraction of sp³-hybridized carbons (Fsp3) is 0.889. The van der Waals surface area contributed by atoms with Crippen molar-refractivity contribution >= 4 is 5.71 Å². The lowest BCUT2D eigenvalue weighted by Crippen LogP contribution is -2.08. The fourth-order valence-electron chi connectivity index (χ4n) is 1.14. The highest BCUT2D eigenvalue weighted by Crippen LogP contribution is 2.01. The Morgan fingerprint density at radius 3 is 2.62 bits per heavy atom. The van der Waals surface area contributed by atoms with Crippen LogP contribution in [0.3, 0.4) is 0 Å². The van der Waals surface area contributed by atoms with E-state index in [1.54, 1.807) is 7.11 Å². The summed E-state index contributed by atoms with van der Waals surface area (Å²) in [5.41, 5.74) is 14.7. The first-order valence-electron chi connectivity index (χ1n) is 4.74. The van der Waals surface area contributed by atoms with E-state index in [4.69, 9.17) is 16.0 Å². The Kier molecular flexibility index (Phi) is 8.88. The first kappa shape index (κ1) is 12.3. The van der Waals surface area contributed by atoms with Gasteiger partial charge in [-0.1, -0.05) is 6.42 Å². The van der Waals surface area contributed by atoms with Crippen molar-refractivity contribution < 1.29 is 9.53 Å². The first-order chi connectivity index (χ1) is 6.35. The van der Waals surface area contributed by atoms with Crippen LogP contribution in [-0.2, 0) is 4.74 Å². The van der Waals surface area contributed by atoms with Crippen molar-refractivity contribution in [1.29, 1.82) is 0 Å². The van der Waals surface area contributed by atoms with E-state index in [-0.39, 0.29) is 0 Å². The number of nitrogens with two attached hydrogens (primary N) is 1. The molecule has 76 valence electrons. The first-order valence-corrected chi connectivity index (χ1v) is 4.74. The molecule has 4 nitrogen and oxygen atoms in total. The van der Waals surface area contributed by atoms with Gasteiger partial charge < -0.3 is 16.0 Å². The molecule has 0 amide bonds. The van der Waals surface area contributed by atoms with Crippen molar-refractivity contribution in [2.75, 3.05) is 20.3 Å². The molecule has 0 aromatic heterocycles. The number of ether oxygens (including phenoxy) is 1. The van der Waals surface area contributed by atoms with E-state index in [9.17, 15) is 0 Å². The van der Waals surface area contributed by atoms with Crippen LogP contribution >= 0.6 is 0 Å². The average molecular weight is 185 g/mol. The van der Waals surface area contributed by atoms with E-state index >= 15 is 0 Å². The van der Waals surface area contributed by atoms with Crippen molar-refractivity contribution in [2.24, 2.45) is 5.73 Å². The number of nitrogens with zero attached hydrogens (tertiary/aromatic N) is 2. The summed E-state index contributed by atoms with van der Waals surface area (Å²) < 4.78 is 4.92. The van der Waals surface area contributed by atoms with Crippen molar-refractivity contribution in [3.63, 3.8) is 0 Å². The van der Waals surface area contributed by atoms with Crippen LogP contribution in [0.25, 0.3) is 5.53 Å². The Morgan fingerprint density at radius 1 is 1.31 bits per heavy atom. The molecule has 0 aliphatic carbocycles. The number of hydrogen-bond acceptors (Lipinski definition) is 2. The van der Waals surface area contributed by atoms with Gasteiger partial charge in [0, 0.05) is 26.7 Å². The largest absolute Gasteiger partial charge is 0.385 e. The summed E-state index contributed by atoms with van der Waals surface area (Å²) in [6.45, 7) is 1.36. The minimum Gasteiger partial charge on any atom is -0.385 e.